The van der Waals surface area contributed by atoms with Crippen LogP contribution >= 0.6 is 11.3 Å². The highest BCUT2D eigenvalue weighted by atomic mass is 32.1. The third-order valence-electron chi connectivity index (χ3n) is 2.43. The summed E-state index contributed by atoms with van der Waals surface area (Å²) in [4.78, 5) is 11.5. The van der Waals surface area contributed by atoms with Gasteiger partial charge in [-0.05, 0) is 29.6 Å². The second-order valence-corrected chi connectivity index (χ2v) is 4.73. The minimum Gasteiger partial charge on any atom is -0.495 e. The van der Waals surface area contributed by atoms with Gasteiger partial charge in [0.25, 0.3) is 0 Å². The molecule has 2 aromatic rings. The summed E-state index contributed by atoms with van der Waals surface area (Å²) >= 11 is 1.47. The fraction of sp³-hybridized carbons (Fsp3) is 0.133. The van der Waals surface area contributed by atoms with Crippen LogP contribution in [0.1, 0.15) is 5.56 Å². The van der Waals surface area contributed by atoms with E-state index in [1.54, 1.807) is 7.11 Å². The molecule has 4 nitrogen and oxygen atoms in total. The maximum Gasteiger partial charge on any atom is 0.320 e. The number of hydrogen-bond donors (Lipinski definition) is 2. The summed E-state index contributed by atoms with van der Waals surface area (Å²) in [6.07, 6.45) is 0. The number of nitrogens with one attached hydrogen (secondary N) is 2. The topological polar surface area (TPSA) is 50.4 Å². The summed E-state index contributed by atoms with van der Waals surface area (Å²) in [6.45, 7) is 0.273. The van der Waals surface area contributed by atoms with Gasteiger partial charge in [0.15, 0.2) is 0 Å². The van der Waals surface area contributed by atoms with E-state index in [4.69, 9.17) is 4.74 Å². The van der Waals surface area contributed by atoms with Gasteiger partial charge in [-0.15, -0.1) is 11.3 Å². The molecule has 1 aromatic carbocycles. The highest BCUT2D eigenvalue weighted by Gasteiger charge is 2.00. The van der Waals surface area contributed by atoms with E-state index in [0.29, 0.717) is 0 Å². The molecule has 2 amide bonds. The molecule has 5 heteroatoms. The maximum absolute atomic E-state index is 11.5. The van der Waals surface area contributed by atoms with Crippen molar-refractivity contribution in [3.8, 4) is 17.6 Å². The van der Waals surface area contributed by atoms with Crippen LogP contribution in [-0.2, 0) is 0 Å². The number of carbonyl (C=O) groups excluding carboxylic acids is 1. The van der Waals surface area contributed by atoms with Crippen molar-refractivity contribution in [2.24, 2.45) is 0 Å². The number of hydrogen-bond acceptors (Lipinski definition) is 3. The predicted molar refractivity (Wildman–Crippen MR) is 81.2 cm³/mol. The predicted octanol–water partition coefficient (Wildman–Crippen LogP) is 2.93. The lowest BCUT2D eigenvalue weighted by atomic mass is 10.2. The lowest BCUT2D eigenvalue weighted by Gasteiger charge is -2.02. The van der Waals surface area contributed by atoms with Gasteiger partial charge in [-0.2, -0.15) is 0 Å². The van der Waals surface area contributed by atoms with Crippen LogP contribution in [0.2, 0.25) is 0 Å². The van der Waals surface area contributed by atoms with Crippen molar-refractivity contribution in [2.45, 2.75) is 0 Å². The van der Waals surface area contributed by atoms with Crippen molar-refractivity contribution in [3.63, 3.8) is 0 Å². The Labute approximate surface area is 121 Å². The van der Waals surface area contributed by atoms with E-state index >= 15 is 0 Å². The largest absolute Gasteiger partial charge is 0.495 e. The molecule has 0 atom stereocenters. The van der Waals surface area contributed by atoms with Crippen LogP contribution in [0.5, 0.6) is 5.75 Å². The third-order valence-corrected chi connectivity index (χ3v) is 3.21. The molecule has 0 aliphatic carbocycles. The summed E-state index contributed by atoms with van der Waals surface area (Å²) in [5.41, 5.74) is 0.801. The Bertz CT molecular complexity index is 627. The first-order chi connectivity index (χ1) is 9.79. The summed E-state index contributed by atoms with van der Waals surface area (Å²) in [5.74, 6) is 6.58. The summed E-state index contributed by atoms with van der Waals surface area (Å²) in [6, 6.07) is 11.0. The molecule has 0 unspecified atom stereocenters. The molecule has 20 heavy (non-hydrogen) atoms. The lowest BCUT2D eigenvalue weighted by Crippen LogP contribution is -2.28. The van der Waals surface area contributed by atoms with Gasteiger partial charge in [-0.1, -0.05) is 24.0 Å². The molecule has 0 spiro atoms. The molecule has 0 aliphatic rings. The van der Waals surface area contributed by atoms with Crippen LogP contribution in [0.15, 0.2) is 41.8 Å². The Morgan fingerprint density at radius 2 is 2.15 bits per heavy atom. The van der Waals surface area contributed by atoms with Crippen LogP contribution < -0.4 is 15.4 Å². The molecular weight excluding hydrogens is 272 g/mol. The molecule has 0 saturated carbocycles. The molecule has 1 heterocycles. The number of carbonyl (C=O) groups is 1. The molecule has 0 bridgehead atoms. The number of para-hydroxylation sites is 1. The number of methoxy groups -OCH3 is 1. The number of benzene rings is 1. The van der Waals surface area contributed by atoms with Crippen molar-refractivity contribution in [1.29, 1.82) is 0 Å². The van der Waals surface area contributed by atoms with Crippen LogP contribution in [-0.4, -0.2) is 19.7 Å². The molecule has 2 N–H and O–H groups in total. The zero-order valence-electron chi connectivity index (χ0n) is 11.0. The van der Waals surface area contributed by atoms with Crippen molar-refractivity contribution < 1.29 is 9.53 Å². The number of rotatable bonds is 3. The standard InChI is InChI=1S/C15H14N2O2S/c1-19-13-8-3-2-6-12(13)7-4-10-16-15(18)17-14-9-5-11-20-14/h2-3,5-6,8-9,11H,10H2,1H3,(H2,16,17,18). The zero-order valence-corrected chi connectivity index (χ0v) is 11.8. The Morgan fingerprint density at radius 3 is 2.90 bits per heavy atom. The molecular formula is C15H14N2O2S. The van der Waals surface area contributed by atoms with Gasteiger partial charge in [-0.25, -0.2) is 4.79 Å². The minimum absolute atomic E-state index is 0.262. The molecule has 0 saturated heterocycles. The van der Waals surface area contributed by atoms with Crippen molar-refractivity contribution in [2.75, 3.05) is 19.0 Å². The van der Waals surface area contributed by atoms with Gasteiger partial charge < -0.3 is 10.1 Å². The fourth-order valence-electron chi connectivity index (χ4n) is 1.52. The average molecular weight is 286 g/mol. The first-order valence-electron chi connectivity index (χ1n) is 6.00. The summed E-state index contributed by atoms with van der Waals surface area (Å²) < 4.78 is 5.19. The van der Waals surface area contributed by atoms with Crippen molar-refractivity contribution in [1.82, 2.24) is 5.32 Å². The zero-order chi connectivity index (χ0) is 14.2. The third kappa shape index (κ3) is 4.04. The number of ether oxygens (including phenoxy) is 1. The second kappa shape index (κ2) is 7.22. The Morgan fingerprint density at radius 1 is 1.30 bits per heavy atom. The lowest BCUT2D eigenvalue weighted by molar-refractivity contribution is 0.253. The van der Waals surface area contributed by atoms with Crippen molar-refractivity contribution >= 4 is 22.4 Å². The van der Waals surface area contributed by atoms with Crippen LogP contribution in [0.4, 0.5) is 9.80 Å². The number of urea groups is 1. The second-order valence-electron chi connectivity index (χ2n) is 3.79. The van der Waals surface area contributed by atoms with E-state index in [1.165, 1.54) is 11.3 Å². The first-order valence-corrected chi connectivity index (χ1v) is 6.88. The van der Waals surface area contributed by atoms with E-state index < -0.39 is 0 Å². The average Bonchev–Trinajstić information content (AvgIpc) is 2.97. The Kier molecular flexibility index (Phi) is 5.04. The molecule has 102 valence electrons. The van der Waals surface area contributed by atoms with E-state index in [9.17, 15) is 4.79 Å². The van der Waals surface area contributed by atoms with Crippen LogP contribution in [0.3, 0.4) is 0 Å². The maximum atomic E-state index is 11.5. The monoisotopic (exact) mass is 286 g/mol. The summed E-state index contributed by atoms with van der Waals surface area (Å²) in [7, 11) is 1.60. The normalized spacial score (nSPS) is 9.25. The minimum atomic E-state index is -0.262. The molecule has 0 aliphatic heterocycles. The Hall–Kier alpha value is -2.45. The van der Waals surface area contributed by atoms with E-state index in [2.05, 4.69) is 22.5 Å². The highest BCUT2D eigenvalue weighted by molar-refractivity contribution is 7.14. The molecule has 2 rings (SSSR count). The first kappa shape index (κ1) is 14.0. The smallest absolute Gasteiger partial charge is 0.320 e. The molecule has 0 fully saturated rings. The number of anilines is 1. The molecule has 0 radical (unpaired) electrons. The van der Waals surface area contributed by atoms with E-state index in [0.717, 1.165) is 16.3 Å². The highest BCUT2D eigenvalue weighted by Crippen LogP contribution is 2.15. The van der Waals surface area contributed by atoms with Gasteiger partial charge >= 0.3 is 6.03 Å². The van der Waals surface area contributed by atoms with Crippen molar-refractivity contribution in [3.05, 3.63) is 47.3 Å². The van der Waals surface area contributed by atoms with Gasteiger partial charge in [0.05, 0.1) is 24.2 Å². The van der Waals surface area contributed by atoms with Gasteiger partial charge in [0.2, 0.25) is 0 Å². The van der Waals surface area contributed by atoms with Crippen LogP contribution in [0.25, 0.3) is 0 Å². The SMILES string of the molecule is COc1ccccc1C#CCNC(=O)Nc1cccs1. The van der Waals surface area contributed by atoms with E-state index in [-0.39, 0.29) is 12.6 Å². The van der Waals surface area contributed by atoms with Gasteiger partial charge in [0.1, 0.15) is 5.75 Å². The fourth-order valence-corrected chi connectivity index (χ4v) is 2.13. The number of thiophene rings is 1. The van der Waals surface area contributed by atoms with E-state index in [1.807, 2.05) is 41.8 Å². The van der Waals surface area contributed by atoms with Crippen LogP contribution in [0, 0.1) is 11.8 Å². The quantitative estimate of drug-likeness (QED) is 0.852. The summed E-state index contributed by atoms with van der Waals surface area (Å²) in [5, 5.41) is 8.10. The molecule has 1 aromatic heterocycles. The van der Waals surface area contributed by atoms with Gasteiger partial charge in [0, 0.05) is 0 Å². The van der Waals surface area contributed by atoms with Gasteiger partial charge in [-0.3, -0.25) is 5.32 Å². The Balaban J connectivity index is 1.84. The number of amides is 2.